The van der Waals surface area contributed by atoms with Crippen LogP contribution in [0.3, 0.4) is 0 Å². The van der Waals surface area contributed by atoms with Gasteiger partial charge in [-0.2, -0.15) is 0 Å². The van der Waals surface area contributed by atoms with Crippen molar-refractivity contribution in [1.29, 1.82) is 0 Å². The third-order valence-corrected chi connectivity index (χ3v) is 10.3. The van der Waals surface area contributed by atoms with Crippen LogP contribution >= 0.6 is 7.92 Å². The van der Waals surface area contributed by atoms with Gasteiger partial charge in [0.25, 0.3) is 0 Å². The molecule has 0 amide bonds. The maximum Gasteiger partial charge on any atom is 0.230 e. The topological polar surface area (TPSA) is 18.5 Å². The van der Waals surface area contributed by atoms with Crippen molar-refractivity contribution in [3.63, 3.8) is 0 Å². The Morgan fingerprint density at radius 2 is 1.25 bits per heavy atom. The Kier molecular flexibility index (Phi) is 5.59. The third kappa shape index (κ3) is 3.57. The smallest absolute Gasteiger partial charge is 0.230 e. The van der Waals surface area contributed by atoms with Crippen LogP contribution in [-0.4, -0.2) is 18.1 Å². The van der Waals surface area contributed by atoms with E-state index in [2.05, 4.69) is 42.5 Å². The van der Waals surface area contributed by atoms with Gasteiger partial charge in [-0.3, -0.25) is 0 Å². The van der Waals surface area contributed by atoms with Crippen LogP contribution in [0.5, 0.6) is 11.5 Å². The van der Waals surface area contributed by atoms with E-state index in [9.17, 15) is 0 Å². The predicted molar refractivity (Wildman–Crippen MR) is 118 cm³/mol. The van der Waals surface area contributed by atoms with Crippen LogP contribution in [0.2, 0.25) is 0 Å². The van der Waals surface area contributed by atoms with Gasteiger partial charge in [-0.25, -0.2) is 0 Å². The highest BCUT2D eigenvalue weighted by atomic mass is 31.1. The molecule has 5 rings (SSSR count). The molecule has 2 fully saturated rings. The molecule has 148 valence electrons. The van der Waals surface area contributed by atoms with E-state index in [1.165, 1.54) is 75.3 Å². The largest absolute Gasteiger partial charge is 0.457 e. The van der Waals surface area contributed by atoms with Crippen LogP contribution in [-0.2, 0) is 0 Å². The molecule has 0 atom stereocenters. The van der Waals surface area contributed by atoms with Gasteiger partial charge in [0.05, 0.1) is 0 Å². The number of ether oxygens (including phenoxy) is 2. The molecule has 2 nitrogen and oxygen atoms in total. The van der Waals surface area contributed by atoms with Crippen LogP contribution < -0.4 is 14.8 Å². The lowest BCUT2D eigenvalue weighted by atomic mass is 9.99. The van der Waals surface area contributed by atoms with Gasteiger partial charge >= 0.3 is 0 Å². The average Bonchev–Trinajstić information content (AvgIpc) is 2.95. The summed E-state index contributed by atoms with van der Waals surface area (Å²) in [5.41, 5.74) is 4.33. The summed E-state index contributed by atoms with van der Waals surface area (Å²) >= 11 is 0. The molecule has 2 aromatic rings. The molecule has 28 heavy (non-hydrogen) atoms. The van der Waals surface area contributed by atoms with E-state index >= 15 is 0 Å². The molecule has 2 saturated carbocycles. The maximum atomic E-state index is 6.08. The molecule has 1 aliphatic heterocycles. The molecule has 0 N–H and O–H groups in total. The van der Waals surface area contributed by atoms with E-state index < -0.39 is 0 Å². The minimum atomic E-state index is -0.179. The summed E-state index contributed by atoms with van der Waals surface area (Å²) in [6.45, 7) is 0.304. The summed E-state index contributed by atoms with van der Waals surface area (Å²) in [6, 6.07) is 15.3. The second-order valence-electron chi connectivity index (χ2n) is 8.54. The molecule has 2 aromatic carbocycles. The fourth-order valence-electron chi connectivity index (χ4n) is 5.49. The number of benzene rings is 2. The monoisotopic (exact) mass is 394 g/mol. The molecule has 0 aromatic heterocycles. The van der Waals surface area contributed by atoms with Gasteiger partial charge in [-0.1, -0.05) is 76.8 Å². The standard InChI is InChI=1S/C25H31O2P/c1-3-10-19(11-4-1)28(20-12-5-2-6-13-20)24-17-9-16-23-25(24)21-14-7-8-15-22(21)26-18-27-23/h7-9,14-17,19-20H,1-6,10-13,18H2. The minimum absolute atomic E-state index is 0.179. The second kappa shape index (κ2) is 8.46. The molecule has 2 aliphatic carbocycles. The van der Waals surface area contributed by atoms with E-state index in [0.717, 1.165) is 22.8 Å². The van der Waals surface area contributed by atoms with E-state index in [4.69, 9.17) is 9.47 Å². The summed E-state index contributed by atoms with van der Waals surface area (Å²) in [5, 5.41) is 1.59. The quantitative estimate of drug-likeness (QED) is 0.530. The van der Waals surface area contributed by atoms with Crippen molar-refractivity contribution in [1.82, 2.24) is 0 Å². The van der Waals surface area contributed by atoms with Crippen LogP contribution in [0, 0.1) is 0 Å². The van der Waals surface area contributed by atoms with Crippen molar-refractivity contribution in [3.05, 3.63) is 42.5 Å². The van der Waals surface area contributed by atoms with Gasteiger partial charge in [0.15, 0.2) is 0 Å². The Hall–Kier alpha value is -1.53. The van der Waals surface area contributed by atoms with Crippen molar-refractivity contribution in [2.24, 2.45) is 0 Å². The highest BCUT2D eigenvalue weighted by molar-refractivity contribution is 7.67. The zero-order valence-electron chi connectivity index (χ0n) is 16.7. The van der Waals surface area contributed by atoms with E-state index in [0.29, 0.717) is 6.79 Å². The molecular formula is C25H31O2P. The van der Waals surface area contributed by atoms with Gasteiger partial charge in [0.1, 0.15) is 11.5 Å². The number of hydrogen-bond donors (Lipinski definition) is 0. The lowest BCUT2D eigenvalue weighted by Crippen LogP contribution is -2.27. The van der Waals surface area contributed by atoms with Crippen molar-refractivity contribution in [3.8, 4) is 22.6 Å². The minimum Gasteiger partial charge on any atom is -0.457 e. The Morgan fingerprint density at radius 3 is 1.96 bits per heavy atom. The summed E-state index contributed by atoms with van der Waals surface area (Å²) in [6.07, 6.45) is 14.2. The fraction of sp³-hybridized carbons (Fsp3) is 0.520. The van der Waals surface area contributed by atoms with Gasteiger partial charge < -0.3 is 9.47 Å². The molecule has 3 heteroatoms. The Morgan fingerprint density at radius 1 is 0.643 bits per heavy atom. The molecule has 1 heterocycles. The third-order valence-electron chi connectivity index (χ3n) is 6.80. The average molecular weight is 394 g/mol. The highest BCUT2D eigenvalue weighted by Gasteiger charge is 2.35. The van der Waals surface area contributed by atoms with Crippen LogP contribution in [0.15, 0.2) is 42.5 Å². The van der Waals surface area contributed by atoms with Gasteiger partial charge in [0.2, 0.25) is 6.79 Å². The van der Waals surface area contributed by atoms with E-state index in [-0.39, 0.29) is 7.92 Å². The number of rotatable bonds is 3. The van der Waals surface area contributed by atoms with Crippen LogP contribution in [0.4, 0.5) is 0 Å². The Bertz CT molecular complexity index is 788. The molecule has 0 bridgehead atoms. The zero-order chi connectivity index (χ0) is 18.8. The van der Waals surface area contributed by atoms with Crippen molar-refractivity contribution < 1.29 is 9.47 Å². The van der Waals surface area contributed by atoms with Gasteiger partial charge in [0, 0.05) is 11.1 Å². The first-order valence-electron chi connectivity index (χ1n) is 11.2. The fourth-order valence-corrected chi connectivity index (χ4v) is 9.46. The first kappa shape index (κ1) is 18.5. The summed E-state index contributed by atoms with van der Waals surface area (Å²) < 4.78 is 12.0. The number of para-hydroxylation sites is 1. The summed E-state index contributed by atoms with van der Waals surface area (Å²) in [7, 11) is -0.179. The first-order chi connectivity index (χ1) is 13.9. The highest BCUT2D eigenvalue weighted by Crippen LogP contribution is 2.57. The summed E-state index contributed by atoms with van der Waals surface area (Å²) in [5.74, 6) is 1.98. The molecule has 0 spiro atoms. The SMILES string of the molecule is c1ccc2c(c1)OCOc1cccc(P(C3CCCCC3)C3CCCCC3)c1-2. The van der Waals surface area contributed by atoms with E-state index in [1.807, 2.05) is 0 Å². The summed E-state index contributed by atoms with van der Waals surface area (Å²) in [4.78, 5) is 0. The second-order valence-corrected chi connectivity index (χ2v) is 11.3. The molecule has 0 radical (unpaired) electrons. The first-order valence-corrected chi connectivity index (χ1v) is 12.7. The number of fused-ring (bicyclic) bond motifs is 3. The lowest BCUT2D eigenvalue weighted by Gasteiger charge is -2.39. The Balaban J connectivity index is 1.64. The van der Waals surface area contributed by atoms with Crippen molar-refractivity contribution >= 4 is 13.2 Å². The van der Waals surface area contributed by atoms with Gasteiger partial charge in [-0.05, 0) is 54.4 Å². The number of hydrogen-bond acceptors (Lipinski definition) is 2. The van der Waals surface area contributed by atoms with Crippen LogP contribution in [0.1, 0.15) is 64.2 Å². The zero-order valence-corrected chi connectivity index (χ0v) is 17.6. The maximum absolute atomic E-state index is 6.08. The predicted octanol–water partition coefficient (Wildman–Crippen LogP) is 6.85. The van der Waals surface area contributed by atoms with Crippen molar-refractivity contribution in [2.45, 2.75) is 75.5 Å². The molecular weight excluding hydrogens is 363 g/mol. The van der Waals surface area contributed by atoms with Crippen molar-refractivity contribution in [2.75, 3.05) is 6.79 Å². The lowest BCUT2D eigenvalue weighted by molar-refractivity contribution is 0.125. The normalized spacial score (nSPS) is 20.6. The molecule has 3 aliphatic rings. The van der Waals surface area contributed by atoms with E-state index in [1.54, 1.807) is 5.30 Å². The Labute approximate surface area is 170 Å². The van der Waals surface area contributed by atoms with Gasteiger partial charge in [-0.15, -0.1) is 0 Å². The van der Waals surface area contributed by atoms with Crippen LogP contribution in [0.25, 0.3) is 11.1 Å². The molecule has 0 saturated heterocycles. The molecule has 0 unspecified atom stereocenters.